The molecule has 2 aromatic rings. The quantitative estimate of drug-likeness (QED) is 0.807. The Morgan fingerprint density at radius 1 is 1.47 bits per heavy atom. The van der Waals surface area contributed by atoms with Gasteiger partial charge in [-0.2, -0.15) is 0 Å². The zero-order valence-corrected chi connectivity index (χ0v) is 8.94. The first-order valence-electron chi connectivity index (χ1n) is 5.28. The highest BCUT2D eigenvalue weighted by Crippen LogP contribution is 2.33. The number of hydrogen-bond acceptors (Lipinski definition) is 3. The zero-order chi connectivity index (χ0) is 10.4. The largest absolute Gasteiger partial charge is 0.365 e. The van der Waals surface area contributed by atoms with Crippen LogP contribution in [0.15, 0.2) is 18.6 Å². The van der Waals surface area contributed by atoms with Crippen molar-refractivity contribution in [1.82, 2.24) is 14.5 Å². The van der Waals surface area contributed by atoms with Gasteiger partial charge in [-0.15, -0.1) is 0 Å². The monoisotopic (exact) mass is 202 g/mol. The van der Waals surface area contributed by atoms with Crippen molar-refractivity contribution in [2.75, 3.05) is 5.32 Å². The third-order valence-corrected chi connectivity index (χ3v) is 3.07. The molecule has 0 bridgehead atoms. The Morgan fingerprint density at radius 3 is 3.00 bits per heavy atom. The highest BCUT2D eigenvalue weighted by molar-refractivity contribution is 5.85. The first-order chi connectivity index (χ1) is 7.25. The molecule has 0 aromatic carbocycles. The maximum atomic E-state index is 4.36. The average molecular weight is 202 g/mol. The Balaban J connectivity index is 2.02. The molecular weight excluding hydrogens is 188 g/mol. The molecule has 3 rings (SSSR count). The van der Waals surface area contributed by atoms with Gasteiger partial charge in [0.25, 0.3) is 0 Å². The summed E-state index contributed by atoms with van der Waals surface area (Å²) in [5, 5.41) is 3.44. The van der Waals surface area contributed by atoms with Gasteiger partial charge in [0, 0.05) is 19.3 Å². The van der Waals surface area contributed by atoms with Crippen LogP contribution in [0.25, 0.3) is 11.0 Å². The Bertz CT molecular complexity index is 502. The normalized spacial score (nSPS) is 24.4. The number of aromatic nitrogens is 3. The van der Waals surface area contributed by atoms with Crippen LogP contribution in [0.4, 0.5) is 5.82 Å². The average Bonchev–Trinajstić information content (AvgIpc) is 2.77. The highest BCUT2D eigenvalue weighted by atomic mass is 15.1. The van der Waals surface area contributed by atoms with Crippen LogP contribution >= 0.6 is 0 Å². The van der Waals surface area contributed by atoms with E-state index in [2.05, 4.69) is 22.2 Å². The van der Waals surface area contributed by atoms with Crippen molar-refractivity contribution in [3.63, 3.8) is 0 Å². The molecule has 15 heavy (non-hydrogen) atoms. The molecule has 2 aromatic heterocycles. The number of pyridine rings is 1. The maximum Gasteiger partial charge on any atom is 0.154 e. The number of anilines is 1. The summed E-state index contributed by atoms with van der Waals surface area (Å²) >= 11 is 0. The van der Waals surface area contributed by atoms with Gasteiger partial charge in [-0.3, -0.25) is 0 Å². The minimum absolute atomic E-state index is 0.588. The lowest BCUT2D eigenvalue weighted by Gasteiger charge is -2.04. The number of hydrogen-bond donors (Lipinski definition) is 1. The third kappa shape index (κ3) is 1.37. The summed E-state index contributed by atoms with van der Waals surface area (Å²) in [6.45, 7) is 2.25. The van der Waals surface area contributed by atoms with Crippen molar-refractivity contribution in [2.24, 2.45) is 13.0 Å². The first-order valence-corrected chi connectivity index (χ1v) is 5.28. The molecule has 4 heteroatoms. The molecule has 2 atom stereocenters. The smallest absolute Gasteiger partial charge is 0.154 e. The van der Waals surface area contributed by atoms with Crippen LogP contribution < -0.4 is 5.32 Å². The molecule has 2 heterocycles. The molecule has 0 amide bonds. The molecule has 78 valence electrons. The molecule has 1 saturated carbocycles. The Kier molecular flexibility index (Phi) is 1.71. The molecule has 0 aliphatic heterocycles. The molecule has 2 unspecified atom stereocenters. The number of imidazole rings is 1. The Hall–Kier alpha value is -1.58. The van der Waals surface area contributed by atoms with Crippen molar-refractivity contribution in [2.45, 2.75) is 19.4 Å². The van der Waals surface area contributed by atoms with Crippen molar-refractivity contribution in [1.29, 1.82) is 0 Å². The molecular formula is C11H14N4. The summed E-state index contributed by atoms with van der Waals surface area (Å²) in [6, 6.07) is 2.58. The summed E-state index contributed by atoms with van der Waals surface area (Å²) in [5.74, 6) is 1.69. The van der Waals surface area contributed by atoms with Crippen LogP contribution in [-0.2, 0) is 7.05 Å². The zero-order valence-electron chi connectivity index (χ0n) is 8.94. The fraction of sp³-hybridized carbons (Fsp3) is 0.455. The van der Waals surface area contributed by atoms with E-state index in [9.17, 15) is 0 Å². The van der Waals surface area contributed by atoms with Gasteiger partial charge in [-0.1, -0.05) is 6.92 Å². The summed E-state index contributed by atoms with van der Waals surface area (Å²) in [4.78, 5) is 8.71. The predicted octanol–water partition coefficient (Wildman–Crippen LogP) is 1.79. The van der Waals surface area contributed by atoms with E-state index in [1.165, 1.54) is 6.42 Å². The molecule has 0 radical (unpaired) electrons. The Morgan fingerprint density at radius 2 is 2.27 bits per heavy atom. The summed E-state index contributed by atoms with van der Waals surface area (Å²) in [5.41, 5.74) is 2.10. The fourth-order valence-corrected chi connectivity index (χ4v) is 1.87. The van der Waals surface area contributed by atoms with Crippen LogP contribution in [0, 0.1) is 5.92 Å². The summed E-state index contributed by atoms with van der Waals surface area (Å²) in [6.07, 6.45) is 4.90. The number of rotatable bonds is 2. The van der Waals surface area contributed by atoms with Gasteiger partial charge < -0.3 is 9.88 Å². The van der Waals surface area contributed by atoms with Gasteiger partial charge in [0.15, 0.2) is 5.82 Å². The standard InChI is InChI=1S/C11H14N4/c1-7-5-8(7)14-11-10-9(3-4-12-11)15(2)6-13-10/h3-4,6-8H,5H2,1-2H3,(H,12,14). The molecule has 1 aliphatic rings. The summed E-state index contributed by atoms with van der Waals surface area (Å²) < 4.78 is 2.01. The predicted molar refractivity (Wildman–Crippen MR) is 59.7 cm³/mol. The van der Waals surface area contributed by atoms with Crippen LogP contribution in [0.3, 0.4) is 0 Å². The molecule has 1 fully saturated rings. The van der Waals surface area contributed by atoms with Gasteiger partial charge in [0.2, 0.25) is 0 Å². The lowest BCUT2D eigenvalue weighted by atomic mass is 10.3. The Labute approximate surface area is 88.3 Å². The minimum Gasteiger partial charge on any atom is -0.365 e. The number of nitrogens with one attached hydrogen (secondary N) is 1. The van der Waals surface area contributed by atoms with Crippen molar-refractivity contribution >= 4 is 16.9 Å². The SMILES string of the molecule is CC1CC1Nc1nccc2c1ncn2C. The van der Waals surface area contributed by atoms with Gasteiger partial charge in [-0.05, 0) is 18.4 Å². The van der Waals surface area contributed by atoms with E-state index in [0.29, 0.717) is 6.04 Å². The minimum atomic E-state index is 0.588. The van der Waals surface area contributed by atoms with Crippen molar-refractivity contribution in [3.8, 4) is 0 Å². The lowest BCUT2D eigenvalue weighted by molar-refractivity contribution is 0.925. The molecule has 1 N–H and O–H groups in total. The fourth-order valence-electron chi connectivity index (χ4n) is 1.87. The number of aryl methyl sites for hydroxylation is 1. The number of fused-ring (bicyclic) bond motifs is 1. The van der Waals surface area contributed by atoms with Crippen molar-refractivity contribution < 1.29 is 0 Å². The molecule has 4 nitrogen and oxygen atoms in total. The van der Waals surface area contributed by atoms with E-state index in [4.69, 9.17) is 0 Å². The lowest BCUT2D eigenvalue weighted by Crippen LogP contribution is -2.05. The summed E-state index contributed by atoms with van der Waals surface area (Å²) in [7, 11) is 2.00. The van der Waals surface area contributed by atoms with Crippen LogP contribution in [0.1, 0.15) is 13.3 Å². The highest BCUT2D eigenvalue weighted by Gasteiger charge is 2.33. The topological polar surface area (TPSA) is 42.7 Å². The van der Waals surface area contributed by atoms with Gasteiger partial charge in [0.05, 0.1) is 11.8 Å². The molecule has 1 aliphatic carbocycles. The van der Waals surface area contributed by atoms with E-state index in [1.807, 2.05) is 30.2 Å². The second-order valence-electron chi connectivity index (χ2n) is 4.35. The van der Waals surface area contributed by atoms with Crippen LogP contribution in [0.2, 0.25) is 0 Å². The van der Waals surface area contributed by atoms with Crippen molar-refractivity contribution in [3.05, 3.63) is 18.6 Å². The molecule has 0 saturated heterocycles. The van der Waals surface area contributed by atoms with E-state index in [1.54, 1.807) is 0 Å². The van der Waals surface area contributed by atoms with Gasteiger partial charge in [-0.25, -0.2) is 9.97 Å². The van der Waals surface area contributed by atoms with E-state index in [0.717, 1.165) is 22.8 Å². The molecule has 0 spiro atoms. The second kappa shape index (κ2) is 2.95. The number of nitrogens with zero attached hydrogens (tertiary/aromatic N) is 3. The second-order valence-corrected chi connectivity index (χ2v) is 4.35. The van der Waals surface area contributed by atoms with Gasteiger partial charge in [0.1, 0.15) is 5.52 Å². The van der Waals surface area contributed by atoms with Gasteiger partial charge >= 0.3 is 0 Å². The third-order valence-electron chi connectivity index (χ3n) is 3.07. The van der Waals surface area contributed by atoms with Crippen LogP contribution in [-0.4, -0.2) is 20.6 Å². The maximum absolute atomic E-state index is 4.36. The van der Waals surface area contributed by atoms with E-state index >= 15 is 0 Å². The van der Waals surface area contributed by atoms with E-state index in [-0.39, 0.29) is 0 Å². The van der Waals surface area contributed by atoms with E-state index < -0.39 is 0 Å². The first kappa shape index (κ1) is 8.71. The van der Waals surface area contributed by atoms with Crippen LogP contribution in [0.5, 0.6) is 0 Å².